The van der Waals surface area contributed by atoms with Gasteiger partial charge in [-0.15, -0.1) is 0 Å². The number of hydrogen-bond acceptors (Lipinski definition) is 2. The summed E-state index contributed by atoms with van der Waals surface area (Å²) in [5.74, 6) is -0.391. The molecule has 0 fully saturated rings. The Bertz CT molecular complexity index is 573. The van der Waals surface area contributed by atoms with Crippen LogP contribution in [-0.2, 0) is 6.54 Å². The van der Waals surface area contributed by atoms with Gasteiger partial charge in [0.25, 0.3) is 0 Å². The van der Waals surface area contributed by atoms with Crippen molar-refractivity contribution in [2.75, 3.05) is 0 Å². The molecule has 0 aromatic heterocycles. The lowest BCUT2D eigenvalue weighted by Crippen LogP contribution is -2.18. The van der Waals surface area contributed by atoms with E-state index in [0.29, 0.717) is 5.56 Å². The highest BCUT2D eigenvalue weighted by atomic mass is 16.1. The molecule has 104 valence electrons. The van der Waals surface area contributed by atoms with Gasteiger partial charge in [-0.3, -0.25) is 4.79 Å². The predicted octanol–water partition coefficient (Wildman–Crippen LogP) is 2.94. The number of amides is 1. The van der Waals surface area contributed by atoms with E-state index in [1.54, 1.807) is 12.1 Å². The van der Waals surface area contributed by atoms with Crippen molar-refractivity contribution < 1.29 is 4.79 Å². The van der Waals surface area contributed by atoms with Gasteiger partial charge in [-0.25, -0.2) is 0 Å². The van der Waals surface area contributed by atoms with Gasteiger partial charge in [0.1, 0.15) is 0 Å². The number of primary amides is 1. The summed E-state index contributed by atoms with van der Waals surface area (Å²) in [5, 5.41) is 3.47. The highest BCUT2D eigenvalue weighted by Crippen LogP contribution is 2.14. The molecule has 1 amide bonds. The molecule has 1 atom stereocenters. The van der Waals surface area contributed by atoms with Crippen LogP contribution in [0.1, 0.15) is 40.0 Å². The minimum Gasteiger partial charge on any atom is -0.366 e. The second-order valence-corrected chi connectivity index (χ2v) is 5.07. The topological polar surface area (TPSA) is 55.1 Å². The Morgan fingerprint density at radius 3 is 2.25 bits per heavy atom. The van der Waals surface area contributed by atoms with E-state index in [9.17, 15) is 4.79 Å². The van der Waals surface area contributed by atoms with Gasteiger partial charge in [-0.1, -0.05) is 42.0 Å². The average molecular weight is 268 g/mol. The molecular formula is C17H20N2O. The summed E-state index contributed by atoms with van der Waals surface area (Å²) in [6.45, 7) is 4.98. The second-order valence-electron chi connectivity index (χ2n) is 5.07. The Morgan fingerprint density at radius 1 is 1.10 bits per heavy atom. The Labute approximate surface area is 119 Å². The number of carbonyl (C=O) groups excluding carboxylic acids is 1. The van der Waals surface area contributed by atoms with E-state index in [0.717, 1.165) is 12.1 Å². The van der Waals surface area contributed by atoms with Crippen LogP contribution in [0.15, 0.2) is 48.5 Å². The number of nitrogens with two attached hydrogens (primary N) is 1. The quantitative estimate of drug-likeness (QED) is 0.876. The highest BCUT2D eigenvalue weighted by Gasteiger charge is 2.05. The lowest BCUT2D eigenvalue weighted by molar-refractivity contribution is 0.100. The van der Waals surface area contributed by atoms with Crippen molar-refractivity contribution in [2.45, 2.75) is 26.4 Å². The van der Waals surface area contributed by atoms with Crippen LogP contribution >= 0.6 is 0 Å². The van der Waals surface area contributed by atoms with Crippen molar-refractivity contribution in [3.63, 3.8) is 0 Å². The van der Waals surface area contributed by atoms with Crippen LogP contribution in [0.25, 0.3) is 0 Å². The van der Waals surface area contributed by atoms with E-state index in [-0.39, 0.29) is 6.04 Å². The van der Waals surface area contributed by atoms with Crippen molar-refractivity contribution >= 4 is 5.91 Å². The van der Waals surface area contributed by atoms with Gasteiger partial charge in [0, 0.05) is 18.2 Å². The van der Waals surface area contributed by atoms with E-state index >= 15 is 0 Å². The summed E-state index contributed by atoms with van der Waals surface area (Å²) in [6, 6.07) is 16.2. The van der Waals surface area contributed by atoms with Gasteiger partial charge >= 0.3 is 0 Å². The Kier molecular flexibility index (Phi) is 4.53. The van der Waals surface area contributed by atoms with E-state index in [4.69, 9.17) is 5.73 Å². The predicted molar refractivity (Wildman–Crippen MR) is 81.4 cm³/mol. The van der Waals surface area contributed by atoms with E-state index < -0.39 is 5.91 Å². The van der Waals surface area contributed by atoms with E-state index in [1.807, 2.05) is 12.1 Å². The minimum atomic E-state index is -0.391. The van der Waals surface area contributed by atoms with Crippen LogP contribution in [0, 0.1) is 6.92 Å². The maximum absolute atomic E-state index is 11.0. The SMILES string of the molecule is Cc1ccc([C@@H](C)NCc2ccc(C(N)=O)cc2)cc1. The van der Waals surface area contributed by atoms with Crippen LogP contribution in [0.2, 0.25) is 0 Å². The molecule has 3 N–H and O–H groups in total. The molecule has 0 bridgehead atoms. The summed E-state index contributed by atoms with van der Waals surface area (Å²) in [5.41, 5.74) is 9.43. The molecular weight excluding hydrogens is 248 g/mol. The van der Waals surface area contributed by atoms with Crippen molar-refractivity contribution in [1.82, 2.24) is 5.32 Å². The van der Waals surface area contributed by atoms with Crippen LogP contribution in [0.5, 0.6) is 0 Å². The summed E-state index contributed by atoms with van der Waals surface area (Å²) in [7, 11) is 0. The highest BCUT2D eigenvalue weighted by molar-refractivity contribution is 5.92. The van der Waals surface area contributed by atoms with Gasteiger partial charge in [0.15, 0.2) is 0 Å². The third-order valence-corrected chi connectivity index (χ3v) is 3.43. The molecule has 2 rings (SSSR count). The Hall–Kier alpha value is -2.13. The fraction of sp³-hybridized carbons (Fsp3) is 0.235. The molecule has 2 aromatic rings. The molecule has 0 radical (unpaired) electrons. The van der Waals surface area contributed by atoms with Crippen molar-refractivity contribution in [3.8, 4) is 0 Å². The zero-order valence-electron chi connectivity index (χ0n) is 11.9. The number of nitrogens with one attached hydrogen (secondary N) is 1. The van der Waals surface area contributed by atoms with Crippen LogP contribution in [0.3, 0.4) is 0 Å². The fourth-order valence-electron chi connectivity index (χ4n) is 2.03. The fourth-order valence-corrected chi connectivity index (χ4v) is 2.03. The number of benzene rings is 2. The van der Waals surface area contributed by atoms with Gasteiger partial charge < -0.3 is 11.1 Å². The van der Waals surface area contributed by atoms with Crippen molar-refractivity contribution in [1.29, 1.82) is 0 Å². The summed E-state index contributed by atoms with van der Waals surface area (Å²) in [4.78, 5) is 11.0. The number of aryl methyl sites for hydroxylation is 1. The first kappa shape index (κ1) is 14.3. The van der Waals surface area contributed by atoms with Gasteiger partial charge in [0.05, 0.1) is 0 Å². The maximum atomic E-state index is 11.0. The molecule has 0 aliphatic carbocycles. The molecule has 2 aromatic carbocycles. The zero-order chi connectivity index (χ0) is 14.5. The van der Waals surface area contributed by atoms with Gasteiger partial charge in [-0.2, -0.15) is 0 Å². The van der Waals surface area contributed by atoms with Crippen LogP contribution < -0.4 is 11.1 Å². The first-order chi connectivity index (χ1) is 9.56. The summed E-state index contributed by atoms with van der Waals surface area (Å²) < 4.78 is 0. The molecule has 0 spiro atoms. The lowest BCUT2D eigenvalue weighted by Gasteiger charge is -2.14. The maximum Gasteiger partial charge on any atom is 0.248 e. The standard InChI is InChI=1S/C17H20N2O/c1-12-3-7-15(8-4-12)13(2)19-11-14-5-9-16(10-6-14)17(18)20/h3-10,13,19H,11H2,1-2H3,(H2,18,20)/t13-/m1/s1. The summed E-state index contributed by atoms with van der Waals surface area (Å²) in [6.07, 6.45) is 0. The summed E-state index contributed by atoms with van der Waals surface area (Å²) >= 11 is 0. The third-order valence-electron chi connectivity index (χ3n) is 3.43. The molecule has 0 aliphatic heterocycles. The third kappa shape index (κ3) is 3.68. The van der Waals surface area contributed by atoms with Gasteiger partial charge in [0.2, 0.25) is 5.91 Å². The zero-order valence-corrected chi connectivity index (χ0v) is 11.9. The molecule has 0 aliphatic rings. The first-order valence-electron chi connectivity index (χ1n) is 6.75. The van der Waals surface area contributed by atoms with Crippen molar-refractivity contribution in [2.24, 2.45) is 5.73 Å². The Morgan fingerprint density at radius 2 is 1.70 bits per heavy atom. The molecule has 0 unspecified atom stereocenters. The molecule has 20 heavy (non-hydrogen) atoms. The molecule has 0 saturated heterocycles. The molecule has 0 heterocycles. The largest absolute Gasteiger partial charge is 0.366 e. The first-order valence-corrected chi connectivity index (χ1v) is 6.75. The van der Waals surface area contributed by atoms with E-state index in [1.165, 1.54) is 11.1 Å². The van der Waals surface area contributed by atoms with Crippen molar-refractivity contribution in [3.05, 3.63) is 70.8 Å². The van der Waals surface area contributed by atoms with Crippen LogP contribution in [-0.4, -0.2) is 5.91 Å². The van der Waals surface area contributed by atoms with Crippen LogP contribution in [0.4, 0.5) is 0 Å². The minimum absolute atomic E-state index is 0.284. The molecule has 0 saturated carbocycles. The van der Waals surface area contributed by atoms with E-state index in [2.05, 4.69) is 43.4 Å². The smallest absolute Gasteiger partial charge is 0.248 e. The van der Waals surface area contributed by atoms with Gasteiger partial charge in [-0.05, 0) is 37.1 Å². The number of carbonyl (C=O) groups is 1. The Balaban J connectivity index is 1.94. The molecule has 3 nitrogen and oxygen atoms in total. The monoisotopic (exact) mass is 268 g/mol. The average Bonchev–Trinajstić information content (AvgIpc) is 2.46. The number of rotatable bonds is 5. The second kappa shape index (κ2) is 6.35. The molecule has 3 heteroatoms. The lowest BCUT2D eigenvalue weighted by atomic mass is 10.1. The normalized spacial score (nSPS) is 12.1. The number of hydrogen-bond donors (Lipinski definition) is 2.